The zero-order chi connectivity index (χ0) is 18.4. The van der Waals surface area contributed by atoms with Crippen LogP contribution in [-0.2, 0) is 10.0 Å². The smallest absolute Gasteiger partial charge is 0.215 e. The Morgan fingerprint density at radius 2 is 1.93 bits per heavy atom. The number of nitrogens with one attached hydrogen (secondary N) is 1. The van der Waals surface area contributed by atoms with Crippen LogP contribution in [0.2, 0.25) is 0 Å². The van der Waals surface area contributed by atoms with Crippen molar-refractivity contribution in [2.24, 2.45) is 4.99 Å². The number of hydrogen-bond acceptors (Lipinski definition) is 4. The molecule has 1 unspecified atom stereocenters. The SMILES string of the molecule is CN=C(NCCS(=O)(=O)N1CCSCC1)N1CCC(c2ccccc2)C1.I. The number of rotatable bonds is 5. The quantitative estimate of drug-likeness (QED) is 0.363. The van der Waals surface area contributed by atoms with Gasteiger partial charge in [0, 0.05) is 57.2 Å². The number of aliphatic imine (C=N–C) groups is 1. The van der Waals surface area contributed by atoms with Crippen molar-refractivity contribution in [3.63, 3.8) is 0 Å². The van der Waals surface area contributed by atoms with Crippen LogP contribution in [0.15, 0.2) is 35.3 Å². The topological polar surface area (TPSA) is 65.0 Å². The summed E-state index contributed by atoms with van der Waals surface area (Å²) < 4.78 is 26.5. The maximum Gasteiger partial charge on any atom is 0.215 e. The van der Waals surface area contributed by atoms with E-state index >= 15 is 0 Å². The zero-order valence-corrected chi connectivity index (χ0v) is 19.7. The van der Waals surface area contributed by atoms with E-state index in [2.05, 4.69) is 39.5 Å². The van der Waals surface area contributed by atoms with Crippen molar-refractivity contribution in [1.29, 1.82) is 0 Å². The van der Waals surface area contributed by atoms with E-state index in [9.17, 15) is 8.42 Å². The van der Waals surface area contributed by atoms with Gasteiger partial charge in [-0.15, -0.1) is 24.0 Å². The van der Waals surface area contributed by atoms with Crippen LogP contribution in [0.1, 0.15) is 17.9 Å². The molecule has 6 nitrogen and oxygen atoms in total. The van der Waals surface area contributed by atoms with Crippen molar-refractivity contribution in [2.45, 2.75) is 12.3 Å². The van der Waals surface area contributed by atoms with E-state index in [1.807, 2.05) is 17.8 Å². The molecule has 2 aliphatic rings. The number of thioether (sulfide) groups is 1. The average Bonchev–Trinajstić information content (AvgIpc) is 3.16. The molecular formula is C18H29IN4O2S2. The molecule has 0 radical (unpaired) electrons. The first-order valence-corrected chi connectivity index (χ1v) is 11.9. The van der Waals surface area contributed by atoms with Gasteiger partial charge in [0.1, 0.15) is 0 Å². The van der Waals surface area contributed by atoms with E-state index < -0.39 is 10.0 Å². The summed E-state index contributed by atoms with van der Waals surface area (Å²) in [6.45, 7) is 3.51. The number of guanidine groups is 1. The highest BCUT2D eigenvalue weighted by Gasteiger charge is 2.27. The van der Waals surface area contributed by atoms with E-state index in [1.54, 1.807) is 11.4 Å². The van der Waals surface area contributed by atoms with Crippen LogP contribution in [0, 0.1) is 0 Å². The molecule has 0 bridgehead atoms. The van der Waals surface area contributed by atoms with Crippen LogP contribution in [0.3, 0.4) is 0 Å². The summed E-state index contributed by atoms with van der Waals surface area (Å²) in [5.41, 5.74) is 1.36. The number of nitrogens with zero attached hydrogens (tertiary/aromatic N) is 3. The monoisotopic (exact) mass is 524 g/mol. The minimum absolute atomic E-state index is 0. The van der Waals surface area contributed by atoms with Crippen molar-refractivity contribution in [3.05, 3.63) is 35.9 Å². The van der Waals surface area contributed by atoms with Gasteiger partial charge in [-0.05, 0) is 12.0 Å². The van der Waals surface area contributed by atoms with Gasteiger partial charge >= 0.3 is 0 Å². The molecule has 2 heterocycles. The summed E-state index contributed by atoms with van der Waals surface area (Å²) in [6.07, 6.45) is 1.09. The lowest BCUT2D eigenvalue weighted by molar-refractivity contribution is 0.442. The Morgan fingerprint density at radius 3 is 2.59 bits per heavy atom. The lowest BCUT2D eigenvalue weighted by Crippen LogP contribution is -2.45. The lowest BCUT2D eigenvalue weighted by atomic mass is 9.99. The van der Waals surface area contributed by atoms with Gasteiger partial charge in [0.25, 0.3) is 0 Å². The molecule has 27 heavy (non-hydrogen) atoms. The molecule has 2 saturated heterocycles. The van der Waals surface area contributed by atoms with E-state index in [4.69, 9.17) is 0 Å². The Balaban J connectivity index is 0.00000261. The Bertz CT molecular complexity index is 709. The first-order valence-electron chi connectivity index (χ1n) is 9.16. The van der Waals surface area contributed by atoms with Crippen molar-refractivity contribution >= 4 is 51.7 Å². The Hall–Kier alpha value is -0.520. The molecule has 1 atom stereocenters. The Kier molecular flexibility index (Phi) is 9.17. The maximum absolute atomic E-state index is 12.4. The second-order valence-corrected chi connectivity index (χ2v) is 9.96. The van der Waals surface area contributed by atoms with Crippen LogP contribution >= 0.6 is 35.7 Å². The number of likely N-dealkylation sites (tertiary alicyclic amines) is 1. The predicted molar refractivity (Wildman–Crippen MR) is 125 cm³/mol. The third-order valence-electron chi connectivity index (χ3n) is 4.98. The number of benzene rings is 1. The van der Waals surface area contributed by atoms with Crippen LogP contribution in [0.4, 0.5) is 0 Å². The van der Waals surface area contributed by atoms with Crippen molar-refractivity contribution < 1.29 is 8.42 Å². The normalized spacial score (nSPS) is 21.7. The molecule has 152 valence electrons. The van der Waals surface area contributed by atoms with Gasteiger partial charge in [-0.3, -0.25) is 4.99 Å². The number of hydrogen-bond donors (Lipinski definition) is 1. The fraction of sp³-hybridized carbons (Fsp3) is 0.611. The number of halogens is 1. The second kappa shape index (κ2) is 10.9. The molecular weight excluding hydrogens is 495 g/mol. The molecule has 0 saturated carbocycles. The minimum Gasteiger partial charge on any atom is -0.355 e. The third-order valence-corrected chi connectivity index (χ3v) is 7.79. The highest BCUT2D eigenvalue weighted by molar-refractivity contribution is 14.0. The molecule has 2 fully saturated rings. The largest absolute Gasteiger partial charge is 0.355 e. The standard InChI is InChI=1S/C18H28N4O2S2.HI/c1-19-18(20-8-14-26(23,24)22-10-12-25-13-11-22)21-9-7-17(15-21)16-5-3-2-4-6-16;/h2-6,17H,7-15H2,1H3,(H,19,20);1H. The van der Waals surface area contributed by atoms with Gasteiger partial charge in [0.15, 0.2) is 5.96 Å². The molecule has 3 rings (SSSR count). The molecule has 0 amide bonds. The minimum atomic E-state index is -3.18. The van der Waals surface area contributed by atoms with Crippen LogP contribution in [-0.4, -0.2) is 80.6 Å². The first kappa shape index (κ1) is 22.8. The molecule has 1 aromatic rings. The van der Waals surface area contributed by atoms with E-state index in [1.165, 1.54) is 5.56 Å². The fourth-order valence-electron chi connectivity index (χ4n) is 3.53. The second-order valence-electron chi connectivity index (χ2n) is 6.64. The van der Waals surface area contributed by atoms with Crippen molar-refractivity contribution in [1.82, 2.24) is 14.5 Å². The average molecular weight is 524 g/mol. The molecule has 9 heteroatoms. The zero-order valence-electron chi connectivity index (χ0n) is 15.7. The van der Waals surface area contributed by atoms with Crippen LogP contribution < -0.4 is 5.32 Å². The van der Waals surface area contributed by atoms with E-state index in [-0.39, 0.29) is 29.7 Å². The molecule has 1 aromatic carbocycles. The summed E-state index contributed by atoms with van der Waals surface area (Å²) in [5, 5.41) is 3.24. The summed E-state index contributed by atoms with van der Waals surface area (Å²) in [7, 11) is -1.42. The van der Waals surface area contributed by atoms with Crippen molar-refractivity contribution in [3.8, 4) is 0 Å². The molecule has 0 spiro atoms. The van der Waals surface area contributed by atoms with Gasteiger partial charge in [-0.2, -0.15) is 11.8 Å². The Morgan fingerprint density at radius 1 is 1.22 bits per heavy atom. The highest BCUT2D eigenvalue weighted by atomic mass is 127. The Labute approximate surface area is 184 Å². The van der Waals surface area contributed by atoms with Gasteiger partial charge < -0.3 is 10.2 Å². The lowest BCUT2D eigenvalue weighted by Gasteiger charge is -2.26. The third kappa shape index (κ3) is 6.23. The predicted octanol–water partition coefficient (Wildman–Crippen LogP) is 2.05. The summed E-state index contributed by atoms with van der Waals surface area (Å²) in [6, 6.07) is 10.5. The number of sulfonamides is 1. The molecule has 0 aliphatic carbocycles. The van der Waals surface area contributed by atoms with Gasteiger partial charge in [-0.25, -0.2) is 12.7 Å². The summed E-state index contributed by atoms with van der Waals surface area (Å²) in [4.78, 5) is 6.57. The molecule has 2 aliphatic heterocycles. The fourth-order valence-corrected chi connectivity index (χ4v) is 6.02. The van der Waals surface area contributed by atoms with Crippen molar-refractivity contribution in [2.75, 3.05) is 57.0 Å². The van der Waals surface area contributed by atoms with E-state index in [0.717, 1.165) is 37.0 Å². The summed E-state index contributed by atoms with van der Waals surface area (Å²) in [5.74, 6) is 3.20. The molecule has 1 N–H and O–H groups in total. The van der Waals surface area contributed by atoms with Gasteiger partial charge in [-0.1, -0.05) is 30.3 Å². The van der Waals surface area contributed by atoms with Gasteiger partial charge in [0.05, 0.1) is 5.75 Å². The first-order chi connectivity index (χ1) is 12.6. The van der Waals surface area contributed by atoms with Crippen LogP contribution in [0.25, 0.3) is 0 Å². The van der Waals surface area contributed by atoms with E-state index in [0.29, 0.717) is 25.6 Å². The summed E-state index contributed by atoms with van der Waals surface area (Å²) >= 11 is 1.81. The van der Waals surface area contributed by atoms with Crippen LogP contribution in [0.5, 0.6) is 0 Å². The van der Waals surface area contributed by atoms with Gasteiger partial charge in [0.2, 0.25) is 10.0 Å². The molecule has 0 aromatic heterocycles. The highest BCUT2D eigenvalue weighted by Crippen LogP contribution is 2.26. The maximum atomic E-state index is 12.4.